The van der Waals surface area contributed by atoms with E-state index in [-0.39, 0.29) is 5.91 Å². The Morgan fingerprint density at radius 1 is 1.04 bits per heavy atom. The molecular weight excluding hydrogens is 475 g/mol. The number of halogens is 2. The smallest absolute Gasteiger partial charge is 0.255 e. The maximum absolute atomic E-state index is 12.5. The van der Waals surface area contributed by atoms with Crippen LogP contribution in [0.25, 0.3) is 16.7 Å². The number of benzene rings is 3. The van der Waals surface area contributed by atoms with Crippen molar-refractivity contribution in [3.63, 3.8) is 0 Å². The first-order chi connectivity index (χ1) is 13.0. The monoisotopic (exact) mass is 488 g/mol. The van der Waals surface area contributed by atoms with Gasteiger partial charge >= 0.3 is 0 Å². The Bertz CT molecular complexity index is 1150. The number of aryl methyl sites for hydroxylation is 1. The molecule has 0 aliphatic rings. The highest BCUT2D eigenvalue weighted by atomic mass is 127. The molecule has 4 aromatic rings. The first-order valence-corrected chi connectivity index (χ1v) is 9.66. The van der Waals surface area contributed by atoms with Crippen molar-refractivity contribution in [1.82, 2.24) is 15.0 Å². The second kappa shape index (κ2) is 7.28. The maximum Gasteiger partial charge on any atom is 0.255 e. The minimum atomic E-state index is -0.152. The highest BCUT2D eigenvalue weighted by molar-refractivity contribution is 14.1. The van der Waals surface area contributed by atoms with E-state index in [2.05, 4.69) is 38.1 Å². The van der Waals surface area contributed by atoms with Crippen molar-refractivity contribution in [2.24, 2.45) is 0 Å². The van der Waals surface area contributed by atoms with Crippen molar-refractivity contribution in [1.29, 1.82) is 0 Å². The third-order valence-electron chi connectivity index (χ3n) is 4.12. The molecule has 1 N–H and O–H groups in total. The Morgan fingerprint density at radius 2 is 1.74 bits per heavy atom. The van der Waals surface area contributed by atoms with Gasteiger partial charge in [-0.3, -0.25) is 4.79 Å². The van der Waals surface area contributed by atoms with Crippen LogP contribution < -0.4 is 5.32 Å². The van der Waals surface area contributed by atoms with E-state index in [0.717, 1.165) is 26.0 Å². The molecule has 0 bridgehead atoms. The molecule has 0 aliphatic heterocycles. The molecule has 1 heterocycles. The largest absolute Gasteiger partial charge is 0.322 e. The van der Waals surface area contributed by atoms with E-state index in [0.29, 0.717) is 16.1 Å². The summed E-state index contributed by atoms with van der Waals surface area (Å²) in [6.07, 6.45) is 0. The Labute approximate surface area is 174 Å². The van der Waals surface area contributed by atoms with Crippen LogP contribution >= 0.6 is 34.2 Å². The second-order valence-electron chi connectivity index (χ2n) is 6.09. The van der Waals surface area contributed by atoms with Crippen molar-refractivity contribution in [3.8, 4) is 5.69 Å². The SMILES string of the molecule is Cc1cc2nn(-c3ccc(Cl)cc3)nc2cc1NC(=O)c1cccc(I)c1. The molecule has 0 atom stereocenters. The average molecular weight is 489 g/mol. The van der Waals surface area contributed by atoms with Crippen LogP contribution in [0.4, 0.5) is 5.69 Å². The molecule has 27 heavy (non-hydrogen) atoms. The Hall–Kier alpha value is -2.45. The molecule has 7 heteroatoms. The van der Waals surface area contributed by atoms with E-state index in [1.807, 2.05) is 49.4 Å². The number of hydrogen-bond acceptors (Lipinski definition) is 3. The minimum absolute atomic E-state index is 0.152. The minimum Gasteiger partial charge on any atom is -0.322 e. The topological polar surface area (TPSA) is 59.8 Å². The summed E-state index contributed by atoms with van der Waals surface area (Å²) in [7, 11) is 0. The van der Waals surface area contributed by atoms with Gasteiger partial charge in [0.15, 0.2) is 0 Å². The van der Waals surface area contributed by atoms with Crippen LogP contribution in [-0.4, -0.2) is 20.9 Å². The van der Waals surface area contributed by atoms with Gasteiger partial charge in [-0.25, -0.2) is 0 Å². The number of rotatable bonds is 3. The lowest BCUT2D eigenvalue weighted by Gasteiger charge is -2.08. The summed E-state index contributed by atoms with van der Waals surface area (Å²) >= 11 is 8.13. The molecule has 0 fully saturated rings. The van der Waals surface area contributed by atoms with Crippen LogP contribution in [-0.2, 0) is 0 Å². The van der Waals surface area contributed by atoms with Gasteiger partial charge in [0.25, 0.3) is 5.91 Å². The number of amides is 1. The molecule has 0 saturated carbocycles. The number of nitrogens with zero attached hydrogens (tertiary/aromatic N) is 3. The molecule has 0 radical (unpaired) electrons. The first kappa shape index (κ1) is 17.9. The number of anilines is 1. The van der Waals surface area contributed by atoms with Crippen molar-refractivity contribution >= 4 is 56.8 Å². The van der Waals surface area contributed by atoms with Crippen molar-refractivity contribution in [3.05, 3.63) is 80.4 Å². The van der Waals surface area contributed by atoms with Crippen LogP contribution in [0.5, 0.6) is 0 Å². The Balaban J connectivity index is 1.67. The van der Waals surface area contributed by atoms with Crippen molar-refractivity contribution in [2.45, 2.75) is 6.92 Å². The molecule has 134 valence electrons. The highest BCUT2D eigenvalue weighted by Gasteiger charge is 2.12. The van der Waals surface area contributed by atoms with Crippen LogP contribution in [0, 0.1) is 10.5 Å². The predicted octanol–water partition coefficient (Wildman–Crippen LogP) is 5.24. The normalized spacial score (nSPS) is 10.9. The highest BCUT2D eigenvalue weighted by Crippen LogP contribution is 2.23. The number of hydrogen-bond donors (Lipinski definition) is 1. The lowest BCUT2D eigenvalue weighted by Crippen LogP contribution is -2.12. The van der Waals surface area contributed by atoms with E-state index in [4.69, 9.17) is 11.6 Å². The fourth-order valence-corrected chi connectivity index (χ4v) is 3.39. The quantitative estimate of drug-likeness (QED) is 0.401. The Kier molecular flexibility index (Phi) is 4.84. The third kappa shape index (κ3) is 3.81. The molecule has 1 aromatic heterocycles. The van der Waals surface area contributed by atoms with E-state index >= 15 is 0 Å². The van der Waals surface area contributed by atoms with Crippen LogP contribution in [0.2, 0.25) is 5.02 Å². The molecule has 3 aromatic carbocycles. The molecule has 0 unspecified atom stereocenters. The standard InChI is InChI=1S/C20H14ClIN4O/c1-12-9-18-19(25-26(24-18)16-7-5-14(21)6-8-16)11-17(12)23-20(27)13-3-2-4-15(22)10-13/h2-11H,1H3,(H,23,27). The summed E-state index contributed by atoms with van der Waals surface area (Å²) < 4.78 is 1.01. The Morgan fingerprint density at radius 3 is 2.44 bits per heavy atom. The molecule has 1 amide bonds. The zero-order valence-corrected chi connectivity index (χ0v) is 17.2. The summed E-state index contributed by atoms with van der Waals surface area (Å²) in [5, 5.41) is 12.7. The van der Waals surface area contributed by atoms with Gasteiger partial charge in [-0.15, -0.1) is 10.2 Å². The number of fused-ring (bicyclic) bond motifs is 1. The number of carbonyl (C=O) groups excluding carboxylic acids is 1. The summed E-state index contributed by atoms with van der Waals surface area (Å²) in [6, 6.07) is 18.5. The van der Waals surface area contributed by atoms with E-state index in [1.165, 1.54) is 0 Å². The summed E-state index contributed by atoms with van der Waals surface area (Å²) in [5.41, 5.74) is 4.53. The third-order valence-corrected chi connectivity index (χ3v) is 5.04. The fourth-order valence-electron chi connectivity index (χ4n) is 2.72. The summed E-state index contributed by atoms with van der Waals surface area (Å²) in [5.74, 6) is -0.152. The van der Waals surface area contributed by atoms with Gasteiger partial charge in [-0.2, -0.15) is 4.80 Å². The molecule has 0 spiro atoms. The van der Waals surface area contributed by atoms with Crippen LogP contribution in [0.1, 0.15) is 15.9 Å². The predicted molar refractivity (Wildman–Crippen MR) is 116 cm³/mol. The fraction of sp³-hybridized carbons (Fsp3) is 0.0500. The van der Waals surface area contributed by atoms with Gasteiger partial charge in [0.1, 0.15) is 11.0 Å². The van der Waals surface area contributed by atoms with E-state index < -0.39 is 0 Å². The summed E-state index contributed by atoms with van der Waals surface area (Å²) in [6.45, 7) is 1.94. The molecular formula is C20H14ClIN4O. The molecule has 0 saturated heterocycles. The van der Waals surface area contributed by atoms with Gasteiger partial charge in [-0.05, 0) is 89.7 Å². The van der Waals surface area contributed by atoms with Crippen molar-refractivity contribution in [2.75, 3.05) is 5.32 Å². The average Bonchev–Trinajstić information content (AvgIpc) is 3.05. The molecule has 4 rings (SSSR count). The van der Waals surface area contributed by atoms with Gasteiger partial charge in [-0.1, -0.05) is 17.7 Å². The van der Waals surface area contributed by atoms with Gasteiger partial charge in [0.05, 0.1) is 5.69 Å². The first-order valence-electron chi connectivity index (χ1n) is 8.20. The van der Waals surface area contributed by atoms with Gasteiger partial charge in [0.2, 0.25) is 0 Å². The zero-order chi connectivity index (χ0) is 19.0. The molecule has 5 nitrogen and oxygen atoms in total. The number of nitrogens with one attached hydrogen (secondary N) is 1. The van der Waals surface area contributed by atoms with E-state index in [9.17, 15) is 4.79 Å². The number of aromatic nitrogens is 3. The van der Waals surface area contributed by atoms with E-state index in [1.54, 1.807) is 23.0 Å². The molecule has 0 aliphatic carbocycles. The van der Waals surface area contributed by atoms with Crippen LogP contribution in [0.3, 0.4) is 0 Å². The zero-order valence-electron chi connectivity index (χ0n) is 14.3. The van der Waals surface area contributed by atoms with Crippen molar-refractivity contribution < 1.29 is 4.79 Å². The number of carbonyl (C=O) groups is 1. The lowest BCUT2D eigenvalue weighted by atomic mass is 10.1. The van der Waals surface area contributed by atoms with Gasteiger partial charge in [0, 0.05) is 19.8 Å². The van der Waals surface area contributed by atoms with Gasteiger partial charge < -0.3 is 5.32 Å². The second-order valence-corrected chi connectivity index (χ2v) is 7.77. The summed E-state index contributed by atoms with van der Waals surface area (Å²) in [4.78, 5) is 14.1. The maximum atomic E-state index is 12.5. The van der Waals surface area contributed by atoms with Crippen LogP contribution in [0.15, 0.2) is 60.7 Å². The lowest BCUT2D eigenvalue weighted by molar-refractivity contribution is 0.102.